The van der Waals surface area contributed by atoms with Gasteiger partial charge in [-0.3, -0.25) is 0 Å². The van der Waals surface area contributed by atoms with Crippen LogP contribution < -0.4 is 0 Å². The number of benzene rings is 2. The number of rotatable bonds is 2. The quantitative estimate of drug-likeness (QED) is 0.684. The highest BCUT2D eigenvalue weighted by Gasteiger charge is 2.08. The van der Waals surface area contributed by atoms with E-state index in [4.69, 9.17) is 11.6 Å². The second-order valence-electron chi connectivity index (χ2n) is 4.16. The van der Waals surface area contributed by atoms with Gasteiger partial charge in [0, 0.05) is 11.1 Å². The molecule has 0 amide bonds. The van der Waals surface area contributed by atoms with Crippen LogP contribution in [0.2, 0.25) is 5.02 Å². The first-order chi connectivity index (χ1) is 9.34. The molecule has 0 radical (unpaired) electrons. The van der Waals surface area contributed by atoms with Crippen molar-refractivity contribution in [3.63, 3.8) is 0 Å². The maximum Gasteiger partial charge on any atom is 0.112 e. The lowest BCUT2D eigenvalue weighted by Gasteiger charge is -2.05. The Morgan fingerprint density at radius 1 is 0.684 bits per heavy atom. The van der Waals surface area contributed by atoms with Gasteiger partial charge in [0.1, 0.15) is 5.69 Å². The van der Waals surface area contributed by atoms with Crippen LogP contribution in [0.3, 0.4) is 0 Å². The fraction of sp³-hybridized carbons (Fsp3) is 0. The molecule has 0 aliphatic rings. The standard InChI is InChI=1S/C16H11ClN2/c17-14-11-15(12-7-3-1-4-8-12)18-19-16(14)13-9-5-2-6-10-13/h1-11H. The highest BCUT2D eigenvalue weighted by atomic mass is 35.5. The minimum absolute atomic E-state index is 0.611. The summed E-state index contributed by atoms with van der Waals surface area (Å²) < 4.78 is 0. The lowest BCUT2D eigenvalue weighted by Crippen LogP contribution is -1.92. The molecule has 92 valence electrons. The summed E-state index contributed by atoms with van der Waals surface area (Å²) in [5.41, 5.74) is 3.48. The Labute approximate surface area is 116 Å². The van der Waals surface area contributed by atoms with Crippen molar-refractivity contribution in [2.75, 3.05) is 0 Å². The van der Waals surface area contributed by atoms with Gasteiger partial charge in [0.15, 0.2) is 0 Å². The molecule has 0 saturated heterocycles. The van der Waals surface area contributed by atoms with Gasteiger partial charge < -0.3 is 0 Å². The number of aromatic nitrogens is 2. The van der Waals surface area contributed by atoms with Gasteiger partial charge in [0.2, 0.25) is 0 Å². The van der Waals surface area contributed by atoms with E-state index < -0.39 is 0 Å². The van der Waals surface area contributed by atoms with Crippen LogP contribution in [0, 0.1) is 0 Å². The summed E-state index contributed by atoms with van der Waals surface area (Å²) in [7, 11) is 0. The SMILES string of the molecule is Clc1cc(-c2ccccc2)nnc1-c1ccccc1. The number of halogens is 1. The molecule has 2 nitrogen and oxygen atoms in total. The zero-order chi connectivity index (χ0) is 13.1. The monoisotopic (exact) mass is 266 g/mol. The van der Waals surface area contributed by atoms with Crippen LogP contribution in [-0.2, 0) is 0 Å². The molecule has 0 N–H and O–H groups in total. The van der Waals surface area contributed by atoms with Crippen molar-refractivity contribution in [3.05, 3.63) is 71.8 Å². The Balaban J connectivity index is 2.04. The van der Waals surface area contributed by atoms with E-state index in [9.17, 15) is 0 Å². The van der Waals surface area contributed by atoms with E-state index in [0.717, 1.165) is 16.8 Å². The van der Waals surface area contributed by atoms with Crippen LogP contribution in [0.4, 0.5) is 0 Å². The molecule has 3 aromatic rings. The zero-order valence-electron chi connectivity index (χ0n) is 10.1. The summed E-state index contributed by atoms with van der Waals surface area (Å²) in [6, 6.07) is 21.6. The Hall–Kier alpha value is -2.19. The highest BCUT2D eigenvalue weighted by molar-refractivity contribution is 6.33. The van der Waals surface area contributed by atoms with E-state index in [1.807, 2.05) is 66.7 Å². The average Bonchev–Trinajstić information content (AvgIpc) is 2.49. The minimum atomic E-state index is 0.611. The van der Waals surface area contributed by atoms with Gasteiger partial charge in [-0.25, -0.2) is 0 Å². The number of hydrogen-bond donors (Lipinski definition) is 0. The molecule has 19 heavy (non-hydrogen) atoms. The van der Waals surface area contributed by atoms with Crippen LogP contribution >= 0.6 is 11.6 Å². The molecule has 0 bridgehead atoms. The average molecular weight is 267 g/mol. The van der Waals surface area contributed by atoms with Crippen LogP contribution in [0.15, 0.2) is 66.7 Å². The van der Waals surface area contributed by atoms with Crippen LogP contribution in [-0.4, -0.2) is 10.2 Å². The molecule has 0 unspecified atom stereocenters. The van der Waals surface area contributed by atoms with E-state index in [1.165, 1.54) is 0 Å². The molecule has 0 atom stereocenters. The number of hydrogen-bond acceptors (Lipinski definition) is 2. The van der Waals surface area contributed by atoms with Crippen LogP contribution in [0.25, 0.3) is 22.5 Å². The van der Waals surface area contributed by atoms with E-state index in [1.54, 1.807) is 0 Å². The normalized spacial score (nSPS) is 10.4. The molecule has 0 saturated carbocycles. The molecule has 1 heterocycles. The van der Waals surface area contributed by atoms with Gasteiger partial charge in [-0.15, -0.1) is 10.2 Å². The predicted octanol–water partition coefficient (Wildman–Crippen LogP) is 4.46. The maximum absolute atomic E-state index is 6.31. The van der Waals surface area contributed by atoms with E-state index in [0.29, 0.717) is 10.7 Å². The van der Waals surface area contributed by atoms with Gasteiger partial charge in [-0.1, -0.05) is 72.3 Å². The second-order valence-corrected chi connectivity index (χ2v) is 4.57. The minimum Gasteiger partial charge on any atom is -0.150 e. The fourth-order valence-corrected chi connectivity index (χ4v) is 2.16. The lowest BCUT2D eigenvalue weighted by molar-refractivity contribution is 1.04. The third kappa shape index (κ3) is 2.49. The van der Waals surface area contributed by atoms with Crippen molar-refractivity contribution in [3.8, 4) is 22.5 Å². The van der Waals surface area contributed by atoms with Gasteiger partial charge in [0.25, 0.3) is 0 Å². The Kier molecular flexibility index (Phi) is 3.25. The summed E-state index contributed by atoms with van der Waals surface area (Å²) in [5, 5.41) is 9.11. The molecule has 0 spiro atoms. The molecule has 2 aromatic carbocycles. The largest absolute Gasteiger partial charge is 0.150 e. The first-order valence-corrected chi connectivity index (χ1v) is 6.36. The molecular formula is C16H11ClN2. The molecule has 1 aromatic heterocycles. The third-order valence-electron chi connectivity index (χ3n) is 2.86. The van der Waals surface area contributed by atoms with Crippen molar-refractivity contribution in [2.24, 2.45) is 0 Å². The molecule has 0 fully saturated rings. The van der Waals surface area contributed by atoms with E-state index in [-0.39, 0.29) is 0 Å². The van der Waals surface area contributed by atoms with Crippen molar-refractivity contribution in [1.29, 1.82) is 0 Å². The number of nitrogens with zero attached hydrogens (tertiary/aromatic N) is 2. The van der Waals surface area contributed by atoms with Crippen molar-refractivity contribution < 1.29 is 0 Å². The first-order valence-electron chi connectivity index (χ1n) is 5.98. The molecule has 0 aliphatic heterocycles. The second kappa shape index (κ2) is 5.21. The Bertz CT molecular complexity index is 682. The maximum atomic E-state index is 6.31. The molecular weight excluding hydrogens is 256 g/mol. The summed E-state index contributed by atoms with van der Waals surface area (Å²) in [5.74, 6) is 0. The molecule has 3 heteroatoms. The van der Waals surface area contributed by atoms with E-state index >= 15 is 0 Å². The Morgan fingerprint density at radius 3 is 1.84 bits per heavy atom. The topological polar surface area (TPSA) is 25.8 Å². The van der Waals surface area contributed by atoms with Crippen LogP contribution in [0.5, 0.6) is 0 Å². The fourth-order valence-electron chi connectivity index (χ4n) is 1.91. The summed E-state index contributed by atoms with van der Waals surface area (Å²) in [6.45, 7) is 0. The van der Waals surface area contributed by atoms with Gasteiger partial charge >= 0.3 is 0 Å². The van der Waals surface area contributed by atoms with Crippen molar-refractivity contribution >= 4 is 11.6 Å². The summed E-state index contributed by atoms with van der Waals surface area (Å²) in [6.07, 6.45) is 0. The lowest BCUT2D eigenvalue weighted by atomic mass is 10.1. The Morgan fingerprint density at radius 2 is 1.26 bits per heavy atom. The molecule has 0 aliphatic carbocycles. The summed E-state index contributed by atoms with van der Waals surface area (Å²) >= 11 is 6.31. The third-order valence-corrected chi connectivity index (χ3v) is 3.15. The van der Waals surface area contributed by atoms with Gasteiger partial charge in [-0.2, -0.15) is 0 Å². The van der Waals surface area contributed by atoms with E-state index in [2.05, 4.69) is 10.2 Å². The van der Waals surface area contributed by atoms with Crippen molar-refractivity contribution in [2.45, 2.75) is 0 Å². The molecule has 3 rings (SSSR count). The summed E-state index contributed by atoms with van der Waals surface area (Å²) in [4.78, 5) is 0. The van der Waals surface area contributed by atoms with Gasteiger partial charge in [0.05, 0.1) is 10.7 Å². The predicted molar refractivity (Wildman–Crippen MR) is 77.9 cm³/mol. The zero-order valence-corrected chi connectivity index (χ0v) is 10.9. The van der Waals surface area contributed by atoms with Crippen molar-refractivity contribution in [1.82, 2.24) is 10.2 Å². The first kappa shape index (κ1) is 11.9. The van der Waals surface area contributed by atoms with Crippen LogP contribution in [0.1, 0.15) is 0 Å². The highest BCUT2D eigenvalue weighted by Crippen LogP contribution is 2.28. The smallest absolute Gasteiger partial charge is 0.112 e. The van der Waals surface area contributed by atoms with Gasteiger partial charge in [-0.05, 0) is 6.07 Å².